The molecule has 2 aromatic carbocycles. The zero-order chi connectivity index (χ0) is 21.3. The van der Waals surface area contributed by atoms with Gasteiger partial charge in [0.25, 0.3) is 5.91 Å². The molecule has 4 rings (SSSR count). The second-order valence-corrected chi connectivity index (χ2v) is 6.54. The number of ether oxygens (including phenoxy) is 1. The van der Waals surface area contributed by atoms with Crippen molar-refractivity contribution in [3.05, 3.63) is 83.4 Å². The highest BCUT2D eigenvalue weighted by atomic mass is 19.1. The van der Waals surface area contributed by atoms with Crippen LogP contribution in [0.4, 0.5) is 15.9 Å². The van der Waals surface area contributed by atoms with E-state index in [-0.39, 0.29) is 17.1 Å². The molecule has 9 heteroatoms. The Balaban J connectivity index is 1.69. The van der Waals surface area contributed by atoms with E-state index in [9.17, 15) is 19.1 Å². The summed E-state index contributed by atoms with van der Waals surface area (Å²) in [5.74, 6) is -1.18. The van der Waals surface area contributed by atoms with Gasteiger partial charge in [0, 0.05) is 5.69 Å². The average molecular weight is 408 g/mol. The Bertz CT molecular complexity index is 1140. The summed E-state index contributed by atoms with van der Waals surface area (Å²) < 4.78 is 19.8. The molecule has 2 heterocycles. The number of hydrogen-bond acceptors (Lipinski definition) is 5. The van der Waals surface area contributed by atoms with Crippen LogP contribution >= 0.6 is 0 Å². The van der Waals surface area contributed by atoms with E-state index in [1.54, 1.807) is 31.4 Å². The van der Waals surface area contributed by atoms with Crippen molar-refractivity contribution in [2.75, 3.05) is 17.7 Å². The minimum atomic E-state index is -1.16. The van der Waals surface area contributed by atoms with Crippen molar-refractivity contribution in [2.24, 2.45) is 0 Å². The maximum atomic E-state index is 13.1. The number of hydrogen-bond donors (Lipinski definition) is 3. The van der Waals surface area contributed by atoms with Gasteiger partial charge in [-0.25, -0.2) is 13.9 Å². The molecule has 30 heavy (non-hydrogen) atoms. The fourth-order valence-electron chi connectivity index (χ4n) is 3.16. The van der Waals surface area contributed by atoms with Crippen LogP contribution in [0.1, 0.15) is 22.0 Å². The van der Waals surface area contributed by atoms with Crippen LogP contribution in [0.5, 0.6) is 5.75 Å². The number of benzene rings is 2. The number of carboxylic acid groups (broad SMARTS) is 1. The number of aromatic nitrogens is 2. The van der Waals surface area contributed by atoms with Crippen LogP contribution < -0.4 is 15.4 Å². The maximum Gasteiger partial charge on any atom is 0.352 e. The third-order valence-corrected chi connectivity index (χ3v) is 4.67. The predicted molar refractivity (Wildman–Crippen MR) is 107 cm³/mol. The van der Waals surface area contributed by atoms with Crippen molar-refractivity contribution < 1.29 is 23.8 Å². The molecule has 1 amide bonds. The minimum absolute atomic E-state index is 0.0698. The molecule has 0 aliphatic carbocycles. The molecule has 0 unspecified atom stereocenters. The Morgan fingerprint density at radius 3 is 2.50 bits per heavy atom. The van der Waals surface area contributed by atoms with Crippen molar-refractivity contribution in [2.45, 2.75) is 6.04 Å². The molecular formula is C21H17FN4O4. The molecule has 8 nitrogen and oxygen atoms in total. The number of fused-ring (bicyclic) bond motifs is 1. The Hall–Kier alpha value is -4.14. The second-order valence-electron chi connectivity index (χ2n) is 6.54. The van der Waals surface area contributed by atoms with Gasteiger partial charge in [0.05, 0.1) is 19.3 Å². The first-order valence-electron chi connectivity index (χ1n) is 8.97. The fraction of sp³-hybridized carbons (Fsp3) is 0.0952. The highest BCUT2D eigenvalue weighted by Gasteiger charge is 2.29. The Labute approximate surface area is 170 Å². The third-order valence-electron chi connectivity index (χ3n) is 4.67. The second kappa shape index (κ2) is 7.70. The molecule has 0 saturated carbocycles. The average Bonchev–Trinajstić information content (AvgIpc) is 3.19. The van der Waals surface area contributed by atoms with E-state index in [1.807, 2.05) is 0 Å². The Kier molecular flexibility index (Phi) is 4.93. The quantitative estimate of drug-likeness (QED) is 0.598. The first kappa shape index (κ1) is 19.2. The predicted octanol–water partition coefficient (Wildman–Crippen LogP) is 3.27. The van der Waals surface area contributed by atoms with E-state index in [2.05, 4.69) is 15.7 Å². The topological polar surface area (TPSA) is 105 Å². The summed E-state index contributed by atoms with van der Waals surface area (Å²) in [5, 5.41) is 19.2. The summed E-state index contributed by atoms with van der Waals surface area (Å²) >= 11 is 0. The Morgan fingerprint density at radius 2 is 1.87 bits per heavy atom. The van der Waals surface area contributed by atoms with E-state index in [0.29, 0.717) is 11.4 Å². The van der Waals surface area contributed by atoms with Gasteiger partial charge < -0.3 is 20.5 Å². The largest absolute Gasteiger partial charge is 0.497 e. The van der Waals surface area contributed by atoms with Gasteiger partial charge in [-0.05, 0) is 48.0 Å². The summed E-state index contributed by atoms with van der Waals surface area (Å²) in [6, 6.07) is 11.9. The van der Waals surface area contributed by atoms with Crippen LogP contribution in [0.15, 0.2) is 66.5 Å². The molecule has 1 aliphatic heterocycles. The molecule has 1 aromatic heterocycles. The summed E-state index contributed by atoms with van der Waals surface area (Å²) in [6.45, 7) is 0. The van der Waals surface area contributed by atoms with Crippen molar-refractivity contribution in [3.63, 3.8) is 0 Å². The lowest BCUT2D eigenvalue weighted by Crippen LogP contribution is -2.25. The normalized spacial score (nSPS) is 14.9. The number of nitrogens with zero attached hydrogens (tertiary/aromatic N) is 2. The number of rotatable bonds is 5. The van der Waals surface area contributed by atoms with Gasteiger partial charge in [-0.15, -0.1) is 0 Å². The number of methoxy groups -OCH3 is 1. The molecule has 3 N–H and O–H groups in total. The number of carboxylic acids is 1. The minimum Gasteiger partial charge on any atom is -0.497 e. The van der Waals surface area contributed by atoms with Crippen molar-refractivity contribution >= 4 is 23.4 Å². The van der Waals surface area contributed by atoms with Crippen LogP contribution in [0.25, 0.3) is 0 Å². The van der Waals surface area contributed by atoms with E-state index >= 15 is 0 Å². The van der Waals surface area contributed by atoms with Gasteiger partial charge in [-0.2, -0.15) is 5.10 Å². The van der Waals surface area contributed by atoms with Crippen molar-refractivity contribution in [1.82, 2.24) is 9.78 Å². The van der Waals surface area contributed by atoms with Crippen LogP contribution in [-0.2, 0) is 4.79 Å². The molecular weight excluding hydrogens is 391 g/mol. The summed E-state index contributed by atoms with van der Waals surface area (Å²) in [5.41, 5.74) is 1.26. The van der Waals surface area contributed by atoms with Crippen LogP contribution in [-0.4, -0.2) is 33.9 Å². The molecule has 152 valence electrons. The number of allylic oxidation sites excluding steroid dienone is 1. The smallest absolute Gasteiger partial charge is 0.352 e. The molecule has 0 fully saturated rings. The standard InChI is InChI=1S/C21H17FN4O4/c1-30-15-8-2-12(3-9-15)18-10-17(21(28)29)25-19-16(11-23-26(18)19)20(27)24-14-6-4-13(22)5-7-14/h2-11,18,25H,1H3,(H,24,27)(H,28,29)/t18-/m0/s1. The third kappa shape index (κ3) is 3.60. The number of nitrogens with one attached hydrogen (secondary N) is 2. The maximum absolute atomic E-state index is 13.1. The molecule has 0 radical (unpaired) electrons. The van der Waals surface area contributed by atoms with Gasteiger partial charge >= 0.3 is 5.97 Å². The van der Waals surface area contributed by atoms with Crippen LogP contribution in [0.3, 0.4) is 0 Å². The molecule has 0 spiro atoms. The zero-order valence-electron chi connectivity index (χ0n) is 15.8. The van der Waals surface area contributed by atoms with Crippen LogP contribution in [0.2, 0.25) is 0 Å². The number of amides is 1. The van der Waals surface area contributed by atoms with Gasteiger partial charge in [0.15, 0.2) is 0 Å². The van der Waals surface area contributed by atoms with Gasteiger partial charge in [-0.1, -0.05) is 12.1 Å². The van der Waals surface area contributed by atoms with E-state index in [0.717, 1.165) is 5.56 Å². The number of carbonyl (C=O) groups excluding carboxylic acids is 1. The molecule has 3 aromatic rings. The monoisotopic (exact) mass is 408 g/mol. The highest BCUT2D eigenvalue weighted by Crippen LogP contribution is 2.33. The first-order valence-corrected chi connectivity index (χ1v) is 8.97. The van der Waals surface area contributed by atoms with Crippen LogP contribution in [0, 0.1) is 5.82 Å². The van der Waals surface area contributed by atoms with Gasteiger partial charge in [0.2, 0.25) is 0 Å². The molecule has 0 saturated heterocycles. The van der Waals surface area contributed by atoms with E-state index < -0.39 is 23.7 Å². The summed E-state index contributed by atoms with van der Waals surface area (Å²) in [7, 11) is 1.56. The lowest BCUT2D eigenvalue weighted by Gasteiger charge is -2.24. The zero-order valence-corrected chi connectivity index (χ0v) is 15.8. The van der Waals surface area contributed by atoms with E-state index in [1.165, 1.54) is 41.2 Å². The lowest BCUT2D eigenvalue weighted by atomic mass is 10.0. The number of aliphatic carboxylic acids is 1. The lowest BCUT2D eigenvalue weighted by molar-refractivity contribution is -0.132. The highest BCUT2D eigenvalue weighted by molar-refractivity contribution is 6.08. The van der Waals surface area contributed by atoms with Crippen molar-refractivity contribution in [1.29, 1.82) is 0 Å². The van der Waals surface area contributed by atoms with Gasteiger partial charge in [-0.3, -0.25) is 4.79 Å². The first-order chi connectivity index (χ1) is 14.5. The van der Waals surface area contributed by atoms with Crippen molar-refractivity contribution in [3.8, 4) is 5.75 Å². The summed E-state index contributed by atoms with van der Waals surface area (Å²) in [4.78, 5) is 24.4. The molecule has 0 bridgehead atoms. The number of carbonyl (C=O) groups is 2. The molecule has 1 atom stereocenters. The van der Waals surface area contributed by atoms with Gasteiger partial charge in [0.1, 0.15) is 28.6 Å². The SMILES string of the molecule is COc1ccc([C@@H]2C=C(C(=O)O)Nc3c(C(=O)Nc4ccc(F)cc4)cnn32)cc1. The molecule has 1 aliphatic rings. The fourth-order valence-corrected chi connectivity index (χ4v) is 3.16. The Morgan fingerprint density at radius 1 is 1.17 bits per heavy atom. The summed E-state index contributed by atoms with van der Waals surface area (Å²) in [6.07, 6.45) is 2.88. The number of anilines is 2. The number of halogens is 1. The van der Waals surface area contributed by atoms with E-state index in [4.69, 9.17) is 4.74 Å².